The van der Waals surface area contributed by atoms with Crippen LogP contribution >= 0.6 is 0 Å². The van der Waals surface area contributed by atoms with Gasteiger partial charge in [-0.05, 0) is 13.8 Å². The Morgan fingerprint density at radius 1 is 1.20 bits per heavy atom. The molecule has 0 saturated carbocycles. The lowest BCUT2D eigenvalue weighted by atomic mass is 10.2. The molecule has 136 valence electrons. The van der Waals surface area contributed by atoms with Gasteiger partial charge in [-0.2, -0.15) is 10.2 Å². The van der Waals surface area contributed by atoms with Crippen LogP contribution in [0.3, 0.4) is 0 Å². The first-order valence-electron chi connectivity index (χ1n) is 7.85. The second kappa shape index (κ2) is 7.37. The number of nitrogens with zero attached hydrogens (tertiary/aromatic N) is 5. The molecule has 0 fully saturated rings. The molecule has 1 N–H and O–H groups in total. The van der Waals surface area contributed by atoms with Crippen molar-refractivity contribution in [2.75, 3.05) is 20.7 Å². The topological polar surface area (TPSA) is 94.3 Å². The molecule has 25 heavy (non-hydrogen) atoms. The molecule has 2 aromatic heterocycles. The Bertz CT molecular complexity index is 790. The minimum absolute atomic E-state index is 0.109. The maximum atomic E-state index is 12.3. The van der Waals surface area contributed by atoms with Crippen LogP contribution < -0.4 is 10.1 Å². The van der Waals surface area contributed by atoms with E-state index >= 15 is 0 Å². The Morgan fingerprint density at radius 2 is 1.88 bits per heavy atom. The van der Waals surface area contributed by atoms with E-state index in [1.54, 1.807) is 25.8 Å². The van der Waals surface area contributed by atoms with Gasteiger partial charge in [0.2, 0.25) is 5.88 Å². The number of hydrogen-bond acceptors (Lipinski definition) is 5. The predicted octanol–water partition coefficient (Wildman–Crippen LogP) is 0.167. The van der Waals surface area contributed by atoms with Crippen molar-refractivity contribution >= 4 is 11.8 Å². The van der Waals surface area contributed by atoms with Crippen LogP contribution in [0.2, 0.25) is 0 Å². The second-order valence-electron chi connectivity index (χ2n) is 6.02. The SMILES string of the molecule is Cc1nn(C)c(C)c1CNC(=O)c1cc(OCC(=O)N(C)C)n(C)n1. The molecule has 2 heterocycles. The van der Waals surface area contributed by atoms with E-state index in [2.05, 4.69) is 15.5 Å². The van der Waals surface area contributed by atoms with Gasteiger partial charge in [-0.1, -0.05) is 0 Å². The lowest BCUT2D eigenvalue weighted by Gasteiger charge is -2.10. The first-order valence-corrected chi connectivity index (χ1v) is 7.85. The number of carbonyl (C=O) groups excluding carboxylic acids is 2. The quantitative estimate of drug-likeness (QED) is 0.803. The van der Waals surface area contributed by atoms with E-state index in [1.807, 2.05) is 20.9 Å². The van der Waals surface area contributed by atoms with Crippen LogP contribution in [0.5, 0.6) is 5.88 Å². The molecule has 9 nitrogen and oxygen atoms in total. The summed E-state index contributed by atoms with van der Waals surface area (Å²) in [5.41, 5.74) is 3.10. The van der Waals surface area contributed by atoms with Crippen molar-refractivity contribution in [2.45, 2.75) is 20.4 Å². The van der Waals surface area contributed by atoms with Gasteiger partial charge in [0.1, 0.15) is 0 Å². The smallest absolute Gasteiger partial charge is 0.272 e. The molecule has 2 amide bonds. The lowest BCUT2D eigenvalue weighted by molar-refractivity contribution is -0.130. The molecule has 0 aliphatic carbocycles. The maximum absolute atomic E-state index is 12.3. The van der Waals surface area contributed by atoms with Gasteiger partial charge in [0.15, 0.2) is 12.3 Å². The van der Waals surface area contributed by atoms with Gasteiger partial charge in [0, 0.05) is 52.1 Å². The van der Waals surface area contributed by atoms with Gasteiger partial charge in [-0.25, -0.2) is 4.68 Å². The summed E-state index contributed by atoms with van der Waals surface area (Å²) in [5.74, 6) is -0.129. The second-order valence-corrected chi connectivity index (χ2v) is 6.02. The van der Waals surface area contributed by atoms with E-state index in [0.717, 1.165) is 17.0 Å². The van der Waals surface area contributed by atoms with E-state index in [9.17, 15) is 9.59 Å². The average molecular weight is 348 g/mol. The highest BCUT2D eigenvalue weighted by molar-refractivity contribution is 5.92. The van der Waals surface area contributed by atoms with Gasteiger partial charge >= 0.3 is 0 Å². The molecular weight excluding hydrogens is 324 g/mol. The van der Waals surface area contributed by atoms with Crippen LogP contribution in [0.25, 0.3) is 0 Å². The lowest BCUT2D eigenvalue weighted by Crippen LogP contribution is -2.27. The Kier molecular flexibility index (Phi) is 5.45. The zero-order valence-electron chi connectivity index (χ0n) is 15.5. The van der Waals surface area contributed by atoms with Crippen molar-refractivity contribution < 1.29 is 14.3 Å². The molecule has 2 rings (SSSR count). The summed E-state index contributed by atoms with van der Waals surface area (Å²) in [6.07, 6.45) is 0. The fourth-order valence-corrected chi connectivity index (χ4v) is 2.29. The molecule has 9 heteroatoms. The first-order chi connectivity index (χ1) is 11.7. The zero-order chi connectivity index (χ0) is 18.7. The number of likely N-dealkylation sites (N-methyl/N-ethyl adjacent to an activating group) is 1. The van der Waals surface area contributed by atoms with Gasteiger partial charge in [0.25, 0.3) is 11.8 Å². The molecular formula is C16H24N6O3. The summed E-state index contributed by atoms with van der Waals surface area (Å²) in [5, 5.41) is 11.3. The third-order valence-corrected chi connectivity index (χ3v) is 4.00. The third-order valence-electron chi connectivity index (χ3n) is 4.00. The van der Waals surface area contributed by atoms with Gasteiger partial charge in [-0.3, -0.25) is 14.3 Å². The molecule has 0 spiro atoms. The van der Waals surface area contributed by atoms with E-state index in [0.29, 0.717) is 12.4 Å². The molecule has 0 bridgehead atoms. The van der Waals surface area contributed by atoms with Crippen LogP contribution in [-0.2, 0) is 25.4 Å². The molecule has 0 aliphatic heterocycles. The first kappa shape index (κ1) is 18.5. The Morgan fingerprint density at radius 3 is 2.44 bits per heavy atom. The van der Waals surface area contributed by atoms with Crippen molar-refractivity contribution in [2.24, 2.45) is 14.1 Å². The van der Waals surface area contributed by atoms with Crippen molar-refractivity contribution in [3.63, 3.8) is 0 Å². The van der Waals surface area contributed by atoms with E-state index < -0.39 is 0 Å². The number of aryl methyl sites for hydroxylation is 3. The third kappa shape index (κ3) is 4.17. The molecule has 2 aromatic rings. The summed E-state index contributed by atoms with van der Waals surface area (Å²) in [4.78, 5) is 25.3. The standard InChI is InChI=1S/C16H24N6O3/c1-10-12(11(2)21(5)18-10)8-17-16(24)13-7-15(22(6)19-13)25-9-14(23)20(3)4/h7H,8-9H2,1-6H3,(H,17,24). The number of aromatic nitrogens is 4. The molecule has 0 atom stereocenters. The summed E-state index contributed by atoms with van der Waals surface area (Å²) in [7, 11) is 6.82. The summed E-state index contributed by atoms with van der Waals surface area (Å²) >= 11 is 0. The normalized spacial score (nSPS) is 10.6. The van der Waals surface area contributed by atoms with Gasteiger partial charge < -0.3 is 15.0 Å². The molecule has 0 aliphatic rings. The van der Waals surface area contributed by atoms with Gasteiger partial charge in [-0.15, -0.1) is 0 Å². The number of carbonyl (C=O) groups is 2. The largest absolute Gasteiger partial charge is 0.468 e. The summed E-state index contributed by atoms with van der Waals surface area (Å²) < 4.78 is 8.62. The molecule has 0 radical (unpaired) electrons. The number of ether oxygens (including phenoxy) is 1. The number of hydrogen-bond donors (Lipinski definition) is 1. The fourth-order valence-electron chi connectivity index (χ4n) is 2.29. The van der Waals surface area contributed by atoms with Crippen LogP contribution in [0, 0.1) is 13.8 Å². The van der Waals surface area contributed by atoms with Crippen molar-refractivity contribution in [1.82, 2.24) is 29.8 Å². The summed E-state index contributed by atoms with van der Waals surface area (Å²) in [6, 6.07) is 1.52. The Hall–Kier alpha value is -2.84. The molecule has 0 aromatic carbocycles. The highest BCUT2D eigenvalue weighted by Gasteiger charge is 2.16. The van der Waals surface area contributed by atoms with Crippen LogP contribution in [-0.4, -0.2) is 57.0 Å². The molecule has 0 unspecified atom stereocenters. The van der Waals surface area contributed by atoms with Crippen molar-refractivity contribution in [1.29, 1.82) is 0 Å². The molecule has 0 saturated heterocycles. The van der Waals surface area contributed by atoms with E-state index in [1.165, 1.54) is 15.6 Å². The van der Waals surface area contributed by atoms with E-state index in [-0.39, 0.29) is 24.1 Å². The minimum Gasteiger partial charge on any atom is -0.468 e. The zero-order valence-corrected chi connectivity index (χ0v) is 15.5. The van der Waals surface area contributed by atoms with Crippen LogP contribution in [0.4, 0.5) is 0 Å². The van der Waals surface area contributed by atoms with Crippen molar-refractivity contribution in [3.05, 3.63) is 28.7 Å². The highest BCUT2D eigenvalue weighted by Crippen LogP contribution is 2.14. The van der Waals surface area contributed by atoms with Crippen LogP contribution in [0.1, 0.15) is 27.4 Å². The Labute approximate surface area is 146 Å². The average Bonchev–Trinajstić information content (AvgIpc) is 3.03. The van der Waals surface area contributed by atoms with Gasteiger partial charge in [0.05, 0.1) is 5.69 Å². The monoisotopic (exact) mass is 348 g/mol. The Balaban J connectivity index is 2.00. The number of rotatable bonds is 6. The van der Waals surface area contributed by atoms with Crippen molar-refractivity contribution in [3.8, 4) is 5.88 Å². The predicted molar refractivity (Wildman–Crippen MR) is 91.2 cm³/mol. The van der Waals surface area contributed by atoms with Crippen LogP contribution in [0.15, 0.2) is 6.07 Å². The van der Waals surface area contributed by atoms with E-state index in [4.69, 9.17) is 4.74 Å². The number of nitrogens with one attached hydrogen (secondary N) is 1. The maximum Gasteiger partial charge on any atom is 0.272 e. The fraction of sp³-hybridized carbons (Fsp3) is 0.500. The minimum atomic E-state index is -0.313. The highest BCUT2D eigenvalue weighted by atomic mass is 16.5. The number of amides is 2. The summed E-state index contributed by atoms with van der Waals surface area (Å²) in [6.45, 7) is 4.12.